The Kier molecular flexibility index (Phi) is 6.16. The molecular weight excluding hydrogens is 473 g/mol. The number of carbonyl (C=O) groups is 1. The van der Waals surface area contributed by atoms with Crippen LogP contribution in [0.5, 0.6) is 0 Å². The van der Waals surface area contributed by atoms with Crippen molar-refractivity contribution < 1.29 is 13.6 Å². The number of halogens is 2. The molecule has 0 aliphatic carbocycles. The van der Waals surface area contributed by atoms with Crippen molar-refractivity contribution >= 4 is 46.4 Å². The Morgan fingerprint density at radius 2 is 1.85 bits per heavy atom. The van der Waals surface area contributed by atoms with Crippen molar-refractivity contribution in [3.8, 4) is 22.8 Å². The van der Waals surface area contributed by atoms with E-state index in [1.54, 1.807) is 48.7 Å². The van der Waals surface area contributed by atoms with Crippen LogP contribution in [0.3, 0.4) is 0 Å². The fourth-order valence-electron chi connectivity index (χ4n) is 3.34. The number of hydrogen-bond acceptors (Lipinski definition) is 5. The Hall–Kier alpha value is -3.87. The van der Waals surface area contributed by atoms with Gasteiger partial charge in [-0.15, -0.1) is 0 Å². The second-order valence-electron chi connectivity index (χ2n) is 7.42. The smallest absolute Gasteiger partial charge is 0.244 e. The molecular formula is C26H17Cl2N3O3. The molecule has 1 amide bonds. The summed E-state index contributed by atoms with van der Waals surface area (Å²) in [6.45, 7) is 0.375. The quantitative estimate of drug-likeness (QED) is 0.265. The Labute approximate surface area is 204 Å². The van der Waals surface area contributed by atoms with Gasteiger partial charge in [-0.2, -0.15) is 4.98 Å². The molecule has 5 aromatic rings. The summed E-state index contributed by atoms with van der Waals surface area (Å²) >= 11 is 12.3. The highest BCUT2D eigenvalue weighted by Crippen LogP contribution is 2.32. The van der Waals surface area contributed by atoms with Crippen molar-refractivity contribution in [1.82, 2.24) is 15.3 Å². The second-order valence-corrected chi connectivity index (χ2v) is 8.26. The van der Waals surface area contributed by atoms with Gasteiger partial charge < -0.3 is 14.2 Å². The molecule has 2 aromatic carbocycles. The van der Waals surface area contributed by atoms with Gasteiger partial charge in [0.2, 0.25) is 11.8 Å². The first-order valence-electron chi connectivity index (χ1n) is 10.4. The van der Waals surface area contributed by atoms with Crippen LogP contribution in [-0.2, 0) is 11.3 Å². The number of aromatic nitrogens is 2. The van der Waals surface area contributed by atoms with Gasteiger partial charge in [0.25, 0.3) is 0 Å². The molecule has 0 saturated heterocycles. The Morgan fingerprint density at radius 1 is 1.00 bits per heavy atom. The van der Waals surface area contributed by atoms with Gasteiger partial charge in [-0.05, 0) is 66.2 Å². The fourth-order valence-corrected chi connectivity index (χ4v) is 3.72. The highest BCUT2D eigenvalue weighted by molar-refractivity contribution is 6.35. The van der Waals surface area contributed by atoms with Crippen LogP contribution < -0.4 is 5.32 Å². The van der Waals surface area contributed by atoms with Crippen LogP contribution in [0.15, 0.2) is 87.8 Å². The van der Waals surface area contributed by atoms with E-state index >= 15 is 0 Å². The van der Waals surface area contributed by atoms with Crippen molar-refractivity contribution in [2.24, 2.45) is 0 Å². The molecule has 3 heterocycles. The van der Waals surface area contributed by atoms with Crippen LogP contribution in [0.1, 0.15) is 11.3 Å². The van der Waals surface area contributed by atoms with Crippen molar-refractivity contribution in [3.63, 3.8) is 0 Å². The number of oxazole rings is 1. The summed E-state index contributed by atoms with van der Waals surface area (Å²) in [5.41, 5.74) is 3.67. The van der Waals surface area contributed by atoms with Crippen molar-refractivity contribution in [2.75, 3.05) is 0 Å². The predicted octanol–water partition coefficient (Wildman–Crippen LogP) is 6.79. The average molecular weight is 490 g/mol. The topological polar surface area (TPSA) is 81.2 Å². The zero-order valence-electron chi connectivity index (χ0n) is 17.7. The van der Waals surface area contributed by atoms with Crippen LogP contribution in [0.25, 0.3) is 40.1 Å². The number of amides is 1. The van der Waals surface area contributed by atoms with Gasteiger partial charge in [0.15, 0.2) is 11.2 Å². The summed E-state index contributed by atoms with van der Waals surface area (Å²) < 4.78 is 11.5. The molecule has 168 valence electrons. The molecule has 5 rings (SSSR count). The average Bonchev–Trinajstić information content (AvgIpc) is 3.50. The van der Waals surface area contributed by atoms with E-state index in [9.17, 15) is 4.79 Å². The van der Waals surface area contributed by atoms with E-state index in [1.165, 1.54) is 6.08 Å². The zero-order valence-corrected chi connectivity index (χ0v) is 19.2. The van der Waals surface area contributed by atoms with Crippen molar-refractivity contribution in [1.29, 1.82) is 0 Å². The third-order valence-electron chi connectivity index (χ3n) is 5.05. The summed E-state index contributed by atoms with van der Waals surface area (Å²) in [7, 11) is 0. The largest absolute Gasteiger partial charge is 0.457 e. The first kappa shape index (κ1) is 21.9. The van der Waals surface area contributed by atoms with Crippen LogP contribution in [0.2, 0.25) is 10.0 Å². The number of fused-ring (bicyclic) bond motifs is 1. The molecule has 0 saturated carbocycles. The molecule has 0 spiro atoms. The van der Waals surface area contributed by atoms with E-state index in [0.29, 0.717) is 50.8 Å². The monoisotopic (exact) mass is 489 g/mol. The maximum atomic E-state index is 12.2. The molecule has 0 atom stereocenters. The van der Waals surface area contributed by atoms with E-state index in [1.807, 2.05) is 30.3 Å². The second kappa shape index (κ2) is 9.55. The summed E-state index contributed by atoms with van der Waals surface area (Å²) in [6.07, 6.45) is 4.69. The summed E-state index contributed by atoms with van der Waals surface area (Å²) in [5, 5.41) is 3.94. The van der Waals surface area contributed by atoms with Crippen molar-refractivity contribution in [2.45, 2.75) is 6.54 Å². The Balaban J connectivity index is 1.19. The molecule has 3 aromatic heterocycles. The minimum absolute atomic E-state index is 0.243. The van der Waals surface area contributed by atoms with Gasteiger partial charge in [0.1, 0.15) is 11.5 Å². The summed E-state index contributed by atoms with van der Waals surface area (Å²) in [4.78, 5) is 20.8. The maximum Gasteiger partial charge on any atom is 0.244 e. The van der Waals surface area contributed by atoms with Gasteiger partial charge in [0.05, 0.1) is 5.02 Å². The summed E-state index contributed by atoms with van der Waals surface area (Å²) in [5.74, 6) is 1.36. The van der Waals surface area contributed by atoms with E-state index in [-0.39, 0.29) is 5.91 Å². The zero-order chi connectivity index (χ0) is 23.5. The highest BCUT2D eigenvalue weighted by Gasteiger charge is 2.10. The van der Waals surface area contributed by atoms with Gasteiger partial charge in [-0.25, -0.2) is 4.98 Å². The minimum Gasteiger partial charge on any atom is -0.457 e. The number of benzene rings is 2. The Morgan fingerprint density at radius 3 is 2.68 bits per heavy atom. The molecule has 6 nitrogen and oxygen atoms in total. The third kappa shape index (κ3) is 4.88. The van der Waals surface area contributed by atoms with Crippen LogP contribution in [0.4, 0.5) is 0 Å². The number of nitrogens with zero attached hydrogens (tertiary/aromatic N) is 2. The van der Waals surface area contributed by atoms with Crippen LogP contribution in [-0.4, -0.2) is 15.9 Å². The lowest BCUT2D eigenvalue weighted by Gasteiger charge is -2.03. The molecule has 0 aliphatic heterocycles. The minimum atomic E-state index is -0.243. The number of furan rings is 1. The molecule has 0 aliphatic rings. The van der Waals surface area contributed by atoms with Crippen molar-refractivity contribution in [3.05, 3.63) is 100 Å². The number of carbonyl (C=O) groups excluding carboxylic acids is 1. The molecule has 0 fully saturated rings. The standard InChI is InChI=1S/C26H17Cl2N3O3/c27-18-7-10-21(28)20(14-18)22-11-8-19(33-22)9-12-24(32)30-15-16-3-5-17(6-4-16)26-31-25-23(34-26)2-1-13-29-25/h1-14H,15H2,(H,30,32). The highest BCUT2D eigenvalue weighted by atomic mass is 35.5. The number of hydrogen-bond donors (Lipinski definition) is 1. The van der Waals surface area contributed by atoms with E-state index < -0.39 is 0 Å². The fraction of sp³-hybridized carbons (Fsp3) is 0.0385. The van der Waals surface area contributed by atoms with Crippen LogP contribution in [0, 0.1) is 0 Å². The van der Waals surface area contributed by atoms with Gasteiger partial charge in [-0.1, -0.05) is 35.3 Å². The van der Waals surface area contributed by atoms with Crippen LogP contribution >= 0.6 is 23.2 Å². The molecule has 0 unspecified atom stereocenters. The molecule has 1 N–H and O–H groups in total. The SMILES string of the molecule is O=C(C=Cc1ccc(-c2cc(Cl)ccc2Cl)o1)NCc1ccc(-c2nc3ncccc3o2)cc1. The number of rotatable bonds is 6. The lowest BCUT2D eigenvalue weighted by Crippen LogP contribution is -2.20. The molecule has 0 bridgehead atoms. The lowest BCUT2D eigenvalue weighted by molar-refractivity contribution is -0.116. The lowest BCUT2D eigenvalue weighted by atomic mass is 10.1. The normalized spacial score (nSPS) is 11.4. The van der Waals surface area contributed by atoms with Gasteiger partial charge >= 0.3 is 0 Å². The van der Waals surface area contributed by atoms with E-state index in [0.717, 1.165) is 11.1 Å². The number of pyridine rings is 1. The Bertz CT molecular complexity index is 1470. The summed E-state index contributed by atoms with van der Waals surface area (Å²) in [6, 6.07) is 19.9. The predicted molar refractivity (Wildman–Crippen MR) is 132 cm³/mol. The number of nitrogens with one attached hydrogen (secondary N) is 1. The molecule has 0 radical (unpaired) electrons. The van der Waals surface area contributed by atoms with E-state index in [2.05, 4.69) is 15.3 Å². The van der Waals surface area contributed by atoms with Gasteiger partial charge in [0, 0.05) is 35.0 Å². The maximum absolute atomic E-state index is 12.2. The van der Waals surface area contributed by atoms with Gasteiger partial charge in [-0.3, -0.25) is 4.79 Å². The first-order valence-corrected chi connectivity index (χ1v) is 11.1. The van der Waals surface area contributed by atoms with E-state index in [4.69, 9.17) is 32.0 Å². The molecule has 34 heavy (non-hydrogen) atoms. The molecule has 8 heteroatoms. The first-order chi connectivity index (χ1) is 16.5. The third-order valence-corrected chi connectivity index (χ3v) is 5.62.